The van der Waals surface area contributed by atoms with Crippen molar-refractivity contribution < 1.29 is 14.2 Å². The van der Waals surface area contributed by atoms with Gasteiger partial charge in [-0.1, -0.05) is 34.0 Å². The fourth-order valence-electron chi connectivity index (χ4n) is 5.94. The van der Waals surface area contributed by atoms with Gasteiger partial charge in [-0.25, -0.2) is 0 Å². The van der Waals surface area contributed by atoms with Crippen molar-refractivity contribution in [1.82, 2.24) is 9.88 Å². The number of benzene rings is 3. The summed E-state index contributed by atoms with van der Waals surface area (Å²) < 4.78 is 18.6. The predicted octanol–water partition coefficient (Wildman–Crippen LogP) is 6.85. The summed E-state index contributed by atoms with van der Waals surface area (Å²) in [6.07, 6.45) is 6.88. The first-order chi connectivity index (χ1) is 27.0. The summed E-state index contributed by atoms with van der Waals surface area (Å²) in [5.74, 6) is 49.4. The number of nitrogens with one attached hydrogen (secondary N) is 1. The molecule has 0 saturated heterocycles. The number of halogens is 1. The normalized spacial score (nSPS) is 12.0. The first-order valence-corrected chi connectivity index (χ1v) is 17.7. The van der Waals surface area contributed by atoms with Crippen molar-refractivity contribution in [1.29, 1.82) is 0 Å². The summed E-state index contributed by atoms with van der Waals surface area (Å²) in [4.78, 5) is 6.24. The zero-order valence-electron chi connectivity index (χ0n) is 30.4. The summed E-state index contributed by atoms with van der Waals surface area (Å²) in [6.45, 7) is 4.17. The second-order valence-corrected chi connectivity index (χ2v) is 12.5. The molecule has 0 fully saturated rings. The quantitative estimate of drug-likeness (QED) is 0.226. The molecule has 0 spiro atoms. The molecule has 4 aromatic rings. The Morgan fingerprint density at radius 1 is 0.745 bits per heavy atom. The van der Waals surface area contributed by atoms with E-state index in [9.17, 15) is 0 Å². The van der Waals surface area contributed by atoms with Crippen LogP contribution < -0.4 is 14.2 Å². The van der Waals surface area contributed by atoms with E-state index in [2.05, 4.69) is 175 Å². The van der Waals surface area contributed by atoms with Crippen LogP contribution in [-0.4, -0.2) is 30.6 Å². The average molecular weight is 776 g/mol. The Bertz CT molecular complexity index is 2730. The fraction of sp³-hybridized carbons (Fsp3) is 0.184. The number of aromatic amines is 1. The summed E-state index contributed by atoms with van der Waals surface area (Å²) in [5.41, 5.74) is 7.73. The van der Waals surface area contributed by atoms with E-state index in [4.69, 9.17) is 20.6 Å². The van der Waals surface area contributed by atoms with Crippen molar-refractivity contribution in [2.24, 2.45) is 0 Å². The predicted molar refractivity (Wildman–Crippen MR) is 221 cm³/mol. The third-order valence-electron chi connectivity index (χ3n) is 8.36. The average Bonchev–Trinajstić information content (AvgIpc) is 3.57. The molecule has 6 rings (SSSR count). The molecule has 1 atom stereocenters. The lowest BCUT2D eigenvalue weighted by Gasteiger charge is -2.40. The molecule has 0 amide bonds. The van der Waals surface area contributed by atoms with E-state index in [0.717, 1.165) is 53.2 Å². The van der Waals surface area contributed by atoms with E-state index in [1.165, 1.54) is 33.3 Å². The van der Waals surface area contributed by atoms with Crippen LogP contribution in [0.4, 0.5) is 0 Å². The second-order valence-electron chi connectivity index (χ2n) is 11.6. The van der Waals surface area contributed by atoms with Crippen molar-refractivity contribution in [2.75, 3.05) is 20.8 Å². The molecule has 1 aromatic heterocycles. The molecule has 262 valence electrons. The minimum Gasteiger partial charge on any atom is -0.497 e. The molecule has 3 aromatic carbocycles. The van der Waals surface area contributed by atoms with Gasteiger partial charge in [0.1, 0.15) is 12.4 Å². The number of rotatable bonds is 5. The van der Waals surface area contributed by atoms with Crippen molar-refractivity contribution >= 4 is 26.8 Å². The maximum Gasteiger partial charge on any atom is 0.162 e. The molecule has 1 unspecified atom stereocenters. The highest BCUT2D eigenvalue weighted by atomic mass is 79.9. The first kappa shape index (κ1) is 38.9. The molecule has 55 heavy (non-hydrogen) atoms. The Morgan fingerprint density at radius 3 is 1.95 bits per heavy atom. The Kier molecular flexibility index (Phi) is 14.6. The number of methoxy groups -OCH3 is 2. The van der Waals surface area contributed by atoms with Gasteiger partial charge >= 0.3 is 0 Å². The lowest BCUT2D eigenvalue weighted by atomic mass is 9.85. The maximum absolute atomic E-state index is 6.27. The van der Waals surface area contributed by atoms with Crippen LogP contribution in [0, 0.1) is 119 Å². The van der Waals surface area contributed by atoms with Gasteiger partial charge in [-0.2, -0.15) is 0 Å². The summed E-state index contributed by atoms with van der Waals surface area (Å²) in [7, 11) is 3.44. The maximum atomic E-state index is 6.27. The zero-order valence-corrected chi connectivity index (χ0v) is 32.0. The van der Waals surface area contributed by atoms with Gasteiger partial charge in [0.15, 0.2) is 11.5 Å². The highest BCUT2D eigenvalue weighted by Crippen LogP contribution is 2.44. The molecule has 0 radical (unpaired) electrons. The smallest absolute Gasteiger partial charge is 0.162 e. The Hall–Kier alpha value is -7.36. The third-order valence-corrected chi connectivity index (χ3v) is 8.89. The highest BCUT2D eigenvalue weighted by Gasteiger charge is 2.34. The minimum absolute atomic E-state index is 0.322. The first-order valence-electron chi connectivity index (χ1n) is 16.9. The minimum atomic E-state index is 0.322. The Balaban J connectivity index is 0.000000240. The lowest BCUT2D eigenvalue weighted by molar-refractivity contribution is 0.158. The van der Waals surface area contributed by atoms with E-state index in [1.807, 2.05) is 18.2 Å². The van der Waals surface area contributed by atoms with Gasteiger partial charge < -0.3 is 19.2 Å². The van der Waals surface area contributed by atoms with Crippen LogP contribution >= 0.6 is 15.9 Å². The number of fused-ring (bicyclic) bond motifs is 6. The number of ether oxygens (including phenoxy) is 3. The molecule has 5 nitrogen and oxygen atoms in total. The number of hydrogen-bond acceptors (Lipinski definition) is 4. The van der Waals surface area contributed by atoms with Gasteiger partial charge in [0.05, 0.1) is 14.2 Å². The van der Waals surface area contributed by atoms with Gasteiger partial charge in [0.2, 0.25) is 0 Å². The van der Waals surface area contributed by atoms with Crippen LogP contribution in [0.1, 0.15) is 40.9 Å². The number of hydrogen-bond donors (Lipinski definition) is 1. The SMILES string of the molecule is C#CC#CC#CC#CC#CC#CC#CC#CC#CC#CC.COc1ccc2[nH]c3c(c2c1)CC1c2cc(OCc4ccc(Br)cc4)c(OC)cc2CCN1C3. The van der Waals surface area contributed by atoms with E-state index in [1.54, 1.807) is 21.1 Å². The molecule has 0 saturated carbocycles. The molecular formula is C49H31BrN2O3. The number of aromatic nitrogens is 1. The topological polar surface area (TPSA) is 46.7 Å². The zero-order chi connectivity index (χ0) is 38.7. The Labute approximate surface area is 332 Å². The highest BCUT2D eigenvalue weighted by molar-refractivity contribution is 9.10. The van der Waals surface area contributed by atoms with Crippen LogP contribution in [-0.2, 0) is 26.0 Å². The molecule has 0 bridgehead atoms. The van der Waals surface area contributed by atoms with Gasteiger partial charge in [-0.15, -0.1) is 6.42 Å². The van der Waals surface area contributed by atoms with Crippen LogP contribution in [0.25, 0.3) is 10.9 Å². The summed E-state index contributed by atoms with van der Waals surface area (Å²) in [5, 5.41) is 1.27. The van der Waals surface area contributed by atoms with Gasteiger partial charge in [0.25, 0.3) is 0 Å². The van der Waals surface area contributed by atoms with Crippen molar-refractivity contribution in [3.8, 4) is 136 Å². The van der Waals surface area contributed by atoms with E-state index in [0.29, 0.717) is 12.6 Å². The molecule has 6 heteroatoms. The lowest BCUT2D eigenvalue weighted by Crippen LogP contribution is -2.39. The largest absolute Gasteiger partial charge is 0.497 e. The van der Waals surface area contributed by atoms with Gasteiger partial charge in [0, 0.05) is 52.0 Å². The molecule has 2 aliphatic heterocycles. The standard InChI is InChI=1S/C28H27BrN2O3.C21H4/c1-32-20-7-8-24-22(12-20)23-13-26-21-14-28(34-16-17-3-5-19(29)6-4-17)27(33-2)11-18(21)9-10-31(26)15-25(23)30-24;1-3-5-7-9-11-13-15-17-19-21-20-18-16-14-12-10-8-6-4-2/h3-8,11-12,14,26,30H,9-10,13,15-16H2,1-2H3;1H,2H3. The van der Waals surface area contributed by atoms with Crippen LogP contribution in [0.2, 0.25) is 0 Å². The van der Waals surface area contributed by atoms with Crippen molar-refractivity contribution in [2.45, 2.75) is 39.0 Å². The molecular weight excluding hydrogens is 744 g/mol. The second kappa shape index (κ2) is 20.6. The molecule has 2 aliphatic rings. The van der Waals surface area contributed by atoms with Gasteiger partial charge in [-0.05, 0) is 179 Å². The van der Waals surface area contributed by atoms with E-state index >= 15 is 0 Å². The number of H-pyrrole nitrogens is 1. The van der Waals surface area contributed by atoms with Crippen molar-refractivity contribution in [3.63, 3.8) is 0 Å². The van der Waals surface area contributed by atoms with Crippen LogP contribution in [0.5, 0.6) is 17.2 Å². The van der Waals surface area contributed by atoms with E-state index < -0.39 is 0 Å². The van der Waals surface area contributed by atoms with Gasteiger partial charge in [-0.3, -0.25) is 4.90 Å². The van der Waals surface area contributed by atoms with Crippen LogP contribution in [0.3, 0.4) is 0 Å². The molecule has 0 aliphatic carbocycles. The van der Waals surface area contributed by atoms with Crippen molar-refractivity contribution in [3.05, 3.63) is 87.0 Å². The summed E-state index contributed by atoms with van der Waals surface area (Å²) in [6, 6.07) is 19.2. The molecule has 3 heterocycles. The number of nitrogens with zero attached hydrogens (tertiary/aromatic N) is 1. The Morgan fingerprint density at radius 2 is 1.36 bits per heavy atom. The van der Waals surface area contributed by atoms with Crippen LogP contribution in [0.15, 0.2) is 59.1 Å². The fourth-order valence-corrected chi connectivity index (χ4v) is 6.21. The molecule has 1 N–H and O–H groups in total. The number of terminal acetylenes is 1. The monoisotopic (exact) mass is 774 g/mol. The third kappa shape index (κ3) is 11.1. The summed E-state index contributed by atoms with van der Waals surface area (Å²) >= 11 is 3.49. The van der Waals surface area contributed by atoms with E-state index in [-0.39, 0.29) is 0 Å².